The van der Waals surface area contributed by atoms with Gasteiger partial charge in [0.25, 0.3) is 0 Å². The fraction of sp³-hybridized carbons (Fsp3) is 0.0667. The highest BCUT2D eigenvalue weighted by molar-refractivity contribution is 6.53. The Morgan fingerprint density at radius 2 is 2.16 bits per heavy atom. The van der Waals surface area contributed by atoms with Crippen molar-refractivity contribution in [2.45, 2.75) is 6.92 Å². The lowest BCUT2D eigenvalue weighted by molar-refractivity contribution is 0.624. The molecule has 4 heteroatoms. The van der Waals surface area contributed by atoms with Gasteiger partial charge in [0.2, 0.25) is 0 Å². The number of hydrogen-bond donors (Lipinski definition) is 0. The zero-order chi connectivity index (χ0) is 13.8. The van der Waals surface area contributed by atoms with E-state index in [-0.39, 0.29) is 16.2 Å². The second kappa shape index (κ2) is 5.64. The van der Waals surface area contributed by atoms with Crippen molar-refractivity contribution in [2.24, 2.45) is 0 Å². The number of nitrogens with zero attached hydrogens (tertiary/aromatic N) is 2. The Hall–Kier alpha value is -2.18. The van der Waals surface area contributed by atoms with Gasteiger partial charge in [-0.05, 0) is 25.1 Å². The minimum atomic E-state index is -0.452. The van der Waals surface area contributed by atoms with Gasteiger partial charge in [-0.25, -0.2) is 4.39 Å². The molecule has 0 amide bonds. The summed E-state index contributed by atoms with van der Waals surface area (Å²) in [6.45, 7) is 1.84. The van der Waals surface area contributed by atoms with Gasteiger partial charge >= 0.3 is 0 Å². The molecule has 1 aromatic carbocycles. The SMILES string of the molecule is Cc1ccc(F)c(/C(Cl)=C(/C#N)c2cccnc2)c1. The van der Waals surface area contributed by atoms with Gasteiger partial charge in [0, 0.05) is 23.5 Å². The molecule has 0 saturated heterocycles. The van der Waals surface area contributed by atoms with Crippen molar-refractivity contribution in [3.05, 3.63) is 65.2 Å². The first kappa shape index (κ1) is 13.3. The van der Waals surface area contributed by atoms with Crippen LogP contribution in [0.4, 0.5) is 4.39 Å². The normalized spacial score (nSPS) is 11.7. The molecule has 0 unspecified atom stereocenters. The van der Waals surface area contributed by atoms with Crippen LogP contribution in [0.2, 0.25) is 0 Å². The standard InChI is InChI=1S/C15H10ClFN2/c1-10-4-5-14(17)12(7-10)15(16)13(8-18)11-3-2-6-19-9-11/h2-7,9H,1H3/b15-13+. The summed E-state index contributed by atoms with van der Waals surface area (Å²) in [7, 11) is 0. The maximum Gasteiger partial charge on any atom is 0.131 e. The molecule has 19 heavy (non-hydrogen) atoms. The molecule has 0 aliphatic heterocycles. The first-order valence-corrected chi connectivity index (χ1v) is 5.98. The van der Waals surface area contributed by atoms with Crippen LogP contribution in [0.3, 0.4) is 0 Å². The van der Waals surface area contributed by atoms with E-state index in [1.54, 1.807) is 30.5 Å². The molecular formula is C15H10ClFN2. The molecule has 1 heterocycles. The molecule has 0 aliphatic rings. The van der Waals surface area contributed by atoms with Crippen molar-refractivity contribution in [1.29, 1.82) is 5.26 Å². The van der Waals surface area contributed by atoms with Crippen LogP contribution in [0, 0.1) is 24.1 Å². The Kier molecular flexibility index (Phi) is 3.94. The van der Waals surface area contributed by atoms with E-state index in [2.05, 4.69) is 4.98 Å². The number of allylic oxidation sites excluding steroid dienone is 1. The molecular weight excluding hydrogens is 263 g/mol. The highest BCUT2D eigenvalue weighted by Crippen LogP contribution is 2.31. The van der Waals surface area contributed by atoms with E-state index in [9.17, 15) is 9.65 Å². The van der Waals surface area contributed by atoms with Gasteiger partial charge in [0.05, 0.1) is 10.6 Å². The number of halogens is 2. The summed E-state index contributed by atoms with van der Waals surface area (Å²) >= 11 is 6.17. The van der Waals surface area contributed by atoms with Crippen molar-refractivity contribution in [2.75, 3.05) is 0 Å². The molecule has 0 atom stereocenters. The molecule has 2 rings (SSSR count). The molecule has 0 aliphatic carbocycles. The third-order valence-electron chi connectivity index (χ3n) is 2.64. The number of benzene rings is 1. The molecule has 1 aromatic heterocycles. The molecule has 0 radical (unpaired) electrons. The van der Waals surface area contributed by atoms with Crippen LogP contribution in [0.15, 0.2) is 42.7 Å². The van der Waals surface area contributed by atoms with E-state index in [0.717, 1.165) is 5.56 Å². The predicted octanol–water partition coefficient (Wildman–Crippen LogP) is 4.16. The number of hydrogen-bond acceptors (Lipinski definition) is 2. The molecule has 0 bridgehead atoms. The predicted molar refractivity (Wildman–Crippen MR) is 73.7 cm³/mol. The number of nitriles is 1. The Balaban J connectivity index is 2.62. The van der Waals surface area contributed by atoms with Crippen molar-refractivity contribution in [3.63, 3.8) is 0 Å². The highest BCUT2D eigenvalue weighted by atomic mass is 35.5. The van der Waals surface area contributed by atoms with Crippen LogP contribution in [0.5, 0.6) is 0 Å². The second-order valence-electron chi connectivity index (χ2n) is 4.03. The fourth-order valence-corrected chi connectivity index (χ4v) is 1.99. The molecule has 0 spiro atoms. The Bertz CT molecular complexity index is 672. The largest absolute Gasteiger partial charge is 0.264 e. The van der Waals surface area contributed by atoms with Gasteiger partial charge in [-0.3, -0.25) is 4.98 Å². The number of rotatable bonds is 2. The summed E-state index contributed by atoms with van der Waals surface area (Å²) < 4.78 is 13.8. The average molecular weight is 273 g/mol. The number of aryl methyl sites for hydroxylation is 1. The molecule has 2 nitrogen and oxygen atoms in total. The van der Waals surface area contributed by atoms with Gasteiger partial charge in [0.15, 0.2) is 0 Å². The summed E-state index contributed by atoms with van der Waals surface area (Å²) in [5, 5.41) is 9.32. The molecule has 2 aromatic rings. The lowest BCUT2D eigenvalue weighted by atomic mass is 10.0. The van der Waals surface area contributed by atoms with Gasteiger partial charge in [-0.2, -0.15) is 5.26 Å². The molecule has 0 N–H and O–H groups in total. The van der Waals surface area contributed by atoms with Gasteiger partial charge < -0.3 is 0 Å². The van der Waals surface area contributed by atoms with Crippen LogP contribution in [-0.4, -0.2) is 4.98 Å². The van der Waals surface area contributed by atoms with Crippen molar-refractivity contribution < 1.29 is 4.39 Å². The Morgan fingerprint density at radius 1 is 1.37 bits per heavy atom. The van der Waals surface area contributed by atoms with E-state index in [0.29, 0.717) is 5.56 Å². The molecule has 94 valence electrons. The second-order valence-corrected chi connectivity index (χ2v) is 4.40. The van der Waals surface area contributed by atoms with E-state index in [1.807, 2.05) is 13.0 Å². The summed E-state index contributed by atoms with van der Waals surface area (Å²) in [6.07, 6.45) is 3.12. The van der Waals surface area contributed by atoms with Crippen LogP contribution in [0.1, 0.15) is 16.7 Å². The maximum absolute atomic E-state index is 13.8. The van der Waals surface area contributed by atoms with E-state index in [1.165, 1.54) is 12.3 Å². The van der Waals surface area contributed by atoms with Crippen LogP contribution >= 0.6 is 11.6 Å². The molecule has 0 saturated carbocycles. The van der Waals surface area contributed by atoms with Gasteiger partial charge in [0.1, 0.15) is 11.9 Å². The first-order valence-electron chi connectivity index (χ1n) is 5.60. The lowest BCUT2D eigenvalue weighted by Gasteiger charge is -2.06. The summed E-state index contributed by atoms with van der Waals surface area (Å²) in [5.41, 5.74) is 1.87. The zero-order valence-corrected chi connectivity index (χ0v) is 10.9. The van der Waals surface area contributed by atoms with Crippen LogP contribution in [0.25, 0.3) is 10.6 Å². The van der Waals surface area contributed by atoms with E-state index < -0.39 is 5.82 Å². The molecule has 0 fully saturated rings. The first-order chi connectivity index (χ1) is 9.13. The van der Waals surface area contributed by atoms with Crippen molar-refractivity contribution in [3.8, 4) is 6.07 Å². The minimum absolute atomic E-state index is 0.0942. The van der Waals surface area contributed by atoms with E-state index >= 15 is 0 Å². The third kappa shape index (κ3) is 2.81. The Morgan fingerprint density at radius 3 is 2.79 bits per heavy atom. The fourth-order valence-electron chi connectivity index (χ4n) is 1.69. The van der Waals surface area contributed by atoms with Crippen molar-refractivity contribution >= 4 is 22.2 Å². The number of pyridine rings is 1. The topological polar surface area (TPSA) is 36.7 Å². The quantitative estimate of drug-likeness (QED) is 0.770. The Labute approximate surface area is 115 Å². The van der Waals surface area contributed by atoms with Crippen LogP contribution < -0.4 is 0 Å². The third-order valence-corrected chi connectivity index (χ3v) is 3.03. The smallest absolute Gasteiger partial charge is 0.131 e. The highest BCUT2D eigenvalue weighted by Gasteiger charge is 2.13. The lowest BCUT2D eigenvalue weighted by Crippen LogP contribution is -1.91. The summed E-state index contributed by atoms with van der Waals surface area (Å²) in [5.74, 6) is -0.452. The summed E-state index contributed by atoms with van der Waals surface area (Å²) in [6, 6.07) is 10.0. The minimum Gasteiger partial charge on any atom is -0.264 e. The van der Waals surface area contributed by atoms with E-state index in [4.69, 9.17) is 11.6 Å². The maximum atomic E-state index is 13.8. The van der Waals surface area contributed by atoms with Crippen LogP contribution in [-0.2, 0) is 0 Å². The summed E-state index contributed by atoms with van der Waals surface area (Å²) in [4.78, 5) is 3.93. The van der Waals surface area contributed by atoms with Gasteiger partial charge in [-0.1, -0.05) is 29.3 Å². The average Bonchev–Trinajstić information content (AvgIpc) is 2.43. The zero-order valence-electron chi connectivity index (χ0n) is 10.2. The monoisotopic (exact) mass is 272 g/mol. The van der Waals surface area contributed by atoms with Gasteiger partial charge in [-0.15, -0.1) is 0 Å². The van der Waals surface area contributed by atoms with Crippen molar-refractivity contribution in [1.82, 2.24) is 4.98 Å². The number of aromatic nitrogens is 1.